The van der Waals surface area contributed by atoms with Crippen LogP contribution in [0.5, 0.6) is 0 Å². The number of Topliss-reactive ketones (excluding diaryl/α,β-unsaturated/α-hetero) is 1. The molecule has 2 atom stereocenters. The van der Waals surface area contributed by atoms with Crippen molar-refractivity contribution in [2.45, 2.75) is 33.1 Å². The number of nitrogens with zero attached hydrogens (tertiary/aromatic N) is 1. The van der Waals surface area contributed by atoms with Crippen molar-refractivity contribution in [3.05, 3.63) is 15.6 Å². The Balaban J connectivity index is 2.30. The van der Waals surface area contributed by atoms with Gasteiger partial charge < -0.3 is 0 Å². The van der Waals surface area contributed by atoms with Gasteiger partial charge in [0.15, 0.2) is 5.78 Å². The first-order valence-electron chi connectivity index (χ1n) is 4.58. The predicted octanol–water partition coefficient (Wildman–Crippen LogP) is 2.78. The number of carbonyl (C=O) groups excluding carboxylic acids is 1. The Morgan fingerprint density at radius 1 is 1.62 bits per heavy atom. The molecule has 2 nitrogen and oxygen atoms in total. The lowest BCUT2D eigenvalue weighted by atomic mass is 10.3. The number of carbonyl (C=O) groups is 1. The maximum atomic E-state index is 11.2. The highest BCUT2D eigenvalue weighted by Crippen LogP contribution is 2.48. The molecule has 1 aromatic rings. The maximum Gasteiger partial charge on any atom is 0.171 e. The van der Waals surface area contributed by atoms with E-state index >= 15 is 0 Å². The average Bonchev–Trinajstić information content (AvgIpc) is 2.61. The van der Waals surface area contributed by atoms with Gasteiger partial charge in [0.2, 0.25) is 0 Å². The minimum Gasteiger partial charge on any atom is -0.294 e. The van der Waals surface area contributed by atoms with Gasteiger partial charge in [0.05, 0.1) is 15.6 Å². The molecule has 1 aliphatic rings. The summed E-state index contributed by atoms with van der Waals surface area (Å²) in [7, 11) is 0. The predicted molar refractivity (Wildman–Crippen MR) is 53.4 cm³/mol. The highest BCUT2D eigenvalue weighted by atomic mass is 32.1. The van der Waals surface area contributed by atoms with Gasteiger partial charge in [-0.2, -0.15) is 0 Å². The Hall–Kier alpha value is -0.700. The van der Waals surface area contributed by atoms with E-state index in [4.69, 9.17) is 0 Å². The van der Waals surface area contributed by atoms with Crippen molar-refractivity contribution in [2.75, 3.05) is 0 Å². The highest BCUT2D eigenvalue weighted by molar-refractivity contribution is 7.14. The quantitative estimate of drug-likeness (QED) is 0.679. The van der Waals surface area contributed by atoms with Gasteiger partial charge >= 0.3 is 0 Å². The molecule has 0 spiro atoms. The Bertz CT molecular complexity index is 356. The first kappa shape index (κ1) is 8.88. The molecule has 0 radical (unpaired) electrons. The van der Waals surface area contributed by atoms with E-state index in [2.05, 4.69) is 11.9 Å². The molecule has 0 aromatic carbocycles. The molecule has 2 rings (SSSR count). The molecule has 1 heterocycles. The number of thiazole rings is 1. The molecule has 1 aromatic heterocycles. The largest absolute Gasteiger partial charge is 0.294 e. The minimum absolute atomic E-state index is 0.148. The molecule has 0 bridgehead atoms. The Kier molecular flexibility index (Phi) is 1.99. The van der Waals surface area contributed by atoms with Crippen LogP contribution in [-0.4, -0.2) is 10.8 Å². The zero-order chi connectivity index (χ0) is 9.59. The van der Waals surface area contributed by atoms with E-state index in [0.717, 1.165) is 21.5 Å². The Morgan fingerprint density at radius 2 is 2.23 bits per heavy atom. The van der Waals surface area contributed by atoms with Gasteiger partial charge in [-0.1, -0.05) is 6.92 Å². The first-order valence-corrected chi connectivity index (χ1v) is 5.39. The number of ketones is 1. The number of hydrogen-bond acceptors (Lipinski definition) is 3. The number of aromatic nitrogens is 1. The third kappa shape index (κ3) is 1.53. The molecule has 13 heavy (non-hydrogen) atoms. The highest BCUT2D eigenvalue weighted by Gasteiger charge is 2.37. The van der Waals surface area contributed by atoms with E-state index < -0.39 is 0 Å². The molecule has 70 valence electrons. The van der Waals surface area contributed by atoms with Crippen LogP contribution in [0.4, 0.5) is 0 Å². The van der Waals surface area contributed by atoms with Crippen molar-refractivity contribution in [2.24, 2.45) is 5.92 Å². The number of rotatable bonds is 2. The van der Waals surface area contributed by atoms with E-state index in [-0.39, 0.29) is 5.78 Å². The van der Waals surface area contributed by atoms with Gasteiger partial charge in [-0.25, -0.2) is 4.98 Å². The van der Waals surface area contributed by atoms with Crippen LogP contribution in [0.3, 0.4) is 0 Å². The van der Waals surface area contributed by atoms with Crippen LogP contribution in [0.2, 0.25) is 0 Å². The first-order chi connectivity index (χ1) is 6.09. The van der Waals surface area contributed by atoms with E-state index in [9.17, 15) is 4.79 Å². The van der Waals surface area contributed by atoms with Crippen LogP contribution in [-0.2, 0) is 0 Å². The molecular weight excluding hydrogens is 182 g/mol. The third-order valence-corrected chi connectivity index (χ3v) is 3.95. The van der Waals surface area contributed by atoms with Gasteiger partial charge in [0.25, 0.3) is 0 Å². The second-order valence-electron chi connectivity index (χ2n) is 3.84. The molecule has 1 fully saturated rings. The van der Waals surface area contributed by atoms with E-state index in [1.165, 1.54) is 6.42 Å². The van der Waals surface area contributed by atoms with Gasteiger partial charge in [-0.3, -0.25) is 4.79 Å². The van der Waals surface area contributed by atoms with Crippen molar-refractivity contribution in [1.29, 1.82) is 0 Å². The Morgan fingerprint density at radius 3 is 2.62 bits per heavy atom. The van der Waals surface area contributed by atoms with Crippen molar-refractivity contribution in [3.8, 4) is 0 Å². The fraction of sp³-hybridized carbons (Fsp3) is 0.600. The van der Waals surface area contributed by atoms with Crippen molar-refractivity contribution in [3.63, 3.8) is 0 Å². The van der Waals surface area contributed by atoms with Crippen LogP contribution in [0, 0.1) is 12.8 Å². The van der Waals surface area contributed by atoms with Gasteiger partial charge in [0, 0.05) is 12.8 Å². The second kappa shape index (κ2) is 2.91. The second-order valence-corrected chi connectivity index (χ2v) is 4.87. The fourth-order valence-electron chi connectivity index (χ4n) is 1.57. The zero-order valence-electron chi connectivity index (χ0n) is 8.13. The summed E-state index contributed by atoms with van der Waals surface area (Å²) in [5.41, 5.74) is 0.909. The SMILES string of the molecule is CC(=O)c1sc(C2CC2C)nc1C. The maximum absolute atomic E-state index is 11.2. The molecular formula is C10H13NOS. The summed E-state index contributed by atoms with van der Waals surface area (Å²) in [6, 6.07) is 0. The van der Waals surface area contributed by atoms with E-state index in [1.807, 2.05) is 6.92 Å². The minimum atomic E-state index is 0.148. The molecule has 3 heteroatoms. The van der Waals surface area contributed by atoms with Crippen LogP contribution in [0.15, 0.2) is 0 Å². The molecule has 2 unspecified atom stereocenters. The summed E-state index contributed by atoms with van der Waals surface area (Å²) in [5.74, 6) is 1.55. The summed E-state index contributed by atoms with van der Waals surface area (Å²) >= 11 is 1.58. The Labute approximate surface area is 82.0 Å². The molecule has 0 N–H and O–H groups in total. The van der Waals surface area contributed by atoms with Gasteiger partial charge in [-0.05, 0) is 19.3 Å². The lowest BCUT2D eigenvalue weighted by Gasteiger charge is -1.86. The van der Waals surface area contributed by atoms with E-state index in [0.29, 0.717) is 5.92 Å². The average molecular weight is 195 g/mol. The van der Waals surface area contributed by atoms with Crippen molar-refractivity contribution in [1.82, 2.24) is 4.98 Å². The fourth-order valence-corrected chi connectivity index (χ4v) is 2.78. The summed E-state index contributed by atoms with van der Waals surface area (Å²) in [5, 5.41) is 1.16. The van der Waals surface area contributed by atoms with Crippen LogP contribution >= 0.6 is 11.3 Å². The topological polar surface area (TPSA) is 30.0 Å². The molecule has 1 aliphatic carbocycles. The lowest BCUT2D eigenvalue weighted by molar-refractivity contribution is 0.102. The molecule has 1 saturated carbocycles. The zero-order valence-corrected chi connectivity index (χ0v) is 8.94. The summed E-state index contributed by atoms with van der Waals surface area (Å²) in [4.78, 5) is 16.5. The van der Waals surface area contributed by atoms with Gasteiger partial charge in [-0.15, -0.1) is 11.3 Å². The van der Waals surface area contributed by atoms with Crippen molar-refractivity contribution >= 4 is 17.1 Å². The lowest BCUT2D eigenvalue weighted by Crippen LogP contribution is -1.89. The van der Waals surface area contributed by atoms with Crippen LogP contribution < -0.4 is 0 Å². The standard InChI is InChI=1S/C10H13NOS/c1-5-4-8(5)10-11-6(2)9(13-10)7(3)12/h5,8H,4H2,1-3H3. The normalized spacial score (nSPS) is 26.1. The molecule has 0 aliphatic heterocycles. The van der Waals surface area contributed by atoms with E-state index in [1.54, 1.807) is 18.3 Å². The summed E-state index contributed by atoms with van der Waals surface area (Å²) in [6.45, 7) is 5.76. The summed E-state index contributed by atoms with van der Waals surface area (Å²) < 4.78 is 0. The van der Waals surface area contributed by atoms with Crippen molar-refractivity contribution < 1.29 is 4.79 Å². The summed E-state index contributed by atoms with van der Waals surface area (Å²) in [6.07, 6.45) is 1.24. The third-order valence-electron chi connectivity index (χ3n) is 2.56. The van der Waals surface area contributed by atoms with Crippen LogP contribution in [0.1, 0.15) is 46.6 Å². The van der Waals surface area contributed by atoms with Gasteiger partial charge in [0.1, 0.15) is 0 Å². The molecule has 0 saturated heterocycles. The molecule has 0 amide bonds. The van der Waals surface area contributed by atoms with Crippen LogP contribution in [0.25, 0.3) is 0 Å². The number of aryl methyl sites for hydroxylation is 1. The smallest absolute Gasteiger partial charge is 0.171 e. The monoisotopic (exact) mass is 195 g/mol. The number of hydrogen-bond donors (Lipinski definition) is 0.